The number of hydrogen-bond acceptors (Lipinski definition) is 5. The van der Waals surface area contributed by atoms with Crippen LogP contribution in [0, 0.1) is 6.92 Å². The maximum atomic E-state index is 12.2. The number of amides is 1. The van der Waals surface area contributed by atoms with Gasteiger partial charge in [0.15, 0.2) is 11.5 Å². The van der Waals surface area contributed by atoms with E-state index in [9.17, 15) is 4.79 Å². The molecule has 21 heavy (non-hydrogen) atoms. The summed E-state index contributed by atoms with van der Waals surface area (Å²) in [6.45, 7) is 2.44. The van der Waals surface area contributed by atoms with E-state index >= 15 is 0 Å². The Bertz CT molecular complexity index is 708. The third-order valence-electron chi connectivity index (χ3n) is 3.34. The molecule has 1 aromatic heterocycles. The smallest absolute Gasteiger partial charge is 0.253 e. The van der Waals surface area contributed by atoms with E-state index in [0.717, 1.165) is 11.3 Å². The fourth-order valence-electron chi connectivity index (χ4n) is 2.25. The number of fused-ring (bicyclic) bond motifs is 1. The lowest BCUT2D eigenvalue weighted by Crippen LogP contribution is -2.24. The van der Waals surface area contributed by atoms with Crippen LogP contribution < -0.4 is 20.5 Å². The molecule has 110 valence electrons. The van der Waals surface area contributed by atoms with Crippen LogP contribution >= 0.6 is 0 Å². The Hall–Kier alpha value is -2.70. The third-order valence-corrected chi connectivity index (χ3v) is 3.34. The van der Waals surface area contributed by atoms with Crippen molar-refractivity contribution in [3.05, 3.63) is 35.2 Å². The van der Waals surface area contributed by atoms with Gasteiger partial charge in [-0.25, -0.2) is 0 Å². The summed E-state index contributed by atoms with van der Waals surface area (Å²) in [5.41, 5.74) is 8.47. The molecule has 0 aliphatic carbocycles. The first kappa shape index (κ1) is 13.3. The Morgan fingerprint density at radius 3 is 2.81 bits per heavy atom. The van der Waals surface area contributed by atoms with Crippen molar-refractivity contribution in [3.8, 4) is 11.5 Å². The van der Waals surface area contributed by atoms with Crippen molar-refractivity contribution in [2.75, 3.05) is 12.5 Å². The number of nitrogens with zero attached hydrogens (tertiary/aromatic N) is 2. The predicted octanol–water partition coefficient (Wildman–Crippen LogP) is 0.969. The van der Waals surface area contributed by atoms with Crippen LogP contribution in [0.2, 0.25) is 0 Å². The molecule has 0 bridgehead atoms. The van der Waals surface area contributed by atoms with E-state index in [-0.39, 0.29) is 12.7 Å². The number of nitrogen functional groups attached to an aromatic ring is 1. The summed E-state index contributed by atoms with van der Waals surface area (Å²) in [4.78, 5) is 12.2. The van der Waals surface area contributed by atoms with Gasteiger partial charge in [0.1, 0.15) is 0 Å². The molecule has 1 aromatic carbocycles. The van der Waals surface area contributed by atoms with E-state index in [2.05, 4.69) is 10.4 Å². The predicted molar refractivity (Wildman–Crippen MR) is 76.1 cm³/mol. The van der Waals surface area contributed by atoms with Gasteiger partial charge in [-0.2, -0.15) is 5.10 Å². The molecule has 1 amide bonds. The Labute approximate surface area is 121 Å². The summed E-state index contributed by atoms with van der Waals surface area (Å²) in [6.07, 6.45) is 1.87. The summed E-state index contributed by atoms with van der Waals surface area (Å²) < 4.78 is 12.2. The van der Waals surface area contributed by atoms with E-state index in [0.29, 0.717) is 29.3 Å². The SMILES string of the molecule is Cc1nn(C)cc1CNC(=O)c1cc2c(cc1N)OCO2. The van der Waals surface area contributed by atoms with Crippen LogP contribution in [0.3, 0.4) is 0 Å². The minimum Gasteiger partial charge on any atom is -0.454 e. The van der Waals surface area contributed by atoms with Gasteiger partial charge in [-0.3, -0.25) is 9.48 Å². The van der Waals surface area contributed by atoms with Gasteiger partial charge in [0.05, 0.1) is 11.3 Å². The number of carbonyl (C=O) groups is 1. The fraction of sp³-hybridized carbons (Fsp3) is 0.286. The lowest BCUT2D eigenvalue weighted by molar-refractivity contribution is 0.0951. The van der Waals surface area contributed by atoms with Gasteiger partial charge < -0.3 is 20.5 Å². The van der Waals surface area contributed by atoms with Crippen LogP contribution in [-0.2, 0) is 13.6 Å². The molecule has 0 unspecified atom stereocenters. The van der Waals surface area contributed by atoms with Gasteiger partial charge in [0.2, 0.25) is 6.79 Å². The number of benzene rings is 1. The Morgan fingerprint density at radius 2 is 2.14 bits per heavy atom. The van der Waals surface area contributed by atoms with Crippen molar-refractivity contribution in [2.45, 2.75) is 13.5 Å². The molecule has 3 N–H and O–H groups in total. The van der Waals surface area contributed by atoms with Crippen LogP contribution in [0.1, 0.15) is 21.6 Å². The number of anilines is 1. The zero-order valence-corrected chi connectivity index (χ0v) is 11.8. The standard InChI is InChI=1S/C14H16N4O3/c1-8-9(6-18(2)17-8)5-16-14(19)10-3-12-13(4-11(10)15)21-7-20-12/h3-4,6H,5,7,15H2,1-2H3,(H,16,19). The molecule has 0 saturated carbocycles. The van der Waals surface area contributed by atoms with Gasteiger partial charge in [-0.1, -0.05) is 0 Å². The minimum absolute atomic E-state index is 0.148. The second-order valence-corrected chi connectivity index (χ2v) is 4.89. The second kappa shape index (κ2) is 5.01. The number of nitrogens with one attached hydrogen (secondary N) is 1. The van der Waals surface area contributed by atoms with Gasteiger partial charge in [0, 0.05) is 37.1 Å². The average Bonchev–Trinajstić information content (AvgIpc) is 3.00. The second-order valence-electron chi connectivity index (χ2n) is 4.89. The maximum absolute atomic E-state index is 12.2. The minimum atomic E-state index is -0.256. The molecular formula is C14H16N4O3. The van der Waals surface area contributed by atoms with Crippen molar-refractivity contribution in [3.63, 3.8) is 0 Å². The summed E-state index contributed by atoms with van der Waals surface area (Å²) in [7, 11) is 1.84. The number of aromatic nitrogens is 2. The molecule has 1 aliphatic heterocycles. The summed E-state index contributed by atoms with van der Waals surface area (Å²) in [5.74, 6) is 0.841. The first-order valence-corrected chi connectivity index (χ1v) is 6.51. The van der Waals surface area contributed by atoms with Crippen molar-refractivity contribution in [2.24, 2.45) is 7.05 Å². The lowest BCUT2D eigenvalue weighted by Gasteiger charge is -2.08. The van der Waals surface area contributed by atoms with Gasteiger partial charge in [-0.15, -0.1) is 0 Å². The molecule has 0 fully saturated rings. The van der Waals surface area contributed by atoms with E-state index in [4.69, 9.17) is 15.2 Å². The van der Waals surface area contributed by atoms with E-state index in [1.807, 2.05) is 20.2 Å². The van der Waals surface area contributed by atoms with Crippen molar-refractivity contribution < 1.29 is 14.3 Å². The highest BCUT2D eigenvalue weighted by Gasteiger charge is 2.19. The Balaban J connectivity index is 1.75. The highest BCUT2D eigenvalue weighted by atomic mass is 16.7. The molecule has 0 saturated heterocycles. The number of carbonyl (C=O) groups excluding carboxylic acids is 1. The molecule has 7 nitrogen and oxygen atoms in total. The highest BCUT2D eigenvalue weighted by molar-refractivity contribution is 6.00. The van der Waals surface area contributed by atoms with Crippen molar-refractivity contribution in [1.82, 2.24) is 15.1 Å². The Kier molecular flexibility index (Phi) is 3.17. The van der Waals surface area contributed by atoms with Crippen LogP contribution in [0.15, 0.2) is 18.3 Å². The van der Waals surface area contributed by atoms with Crippen LogP contribution in [-0.4, -0.2) is 22.5 Å². The van der Waals surface area contributed by atoms with Crippen LogP contribution in [0.5, 0.6) is 11.5 Å². The number of nitrogens with two attached hydrogens (primary N) is 1. The van der Waals surface area contributed by atoms with Crippen molar-refractivity contribution >= 4 is 11.6 Å². The quantitative estimate of drug-likeness (QED) is 0.821. The average molecular weight is 288 g/mol. The van der Waals surface area contributed by atoms with Crippen LogP contribution in [0.25, 0.3) is 0 Å². The molecule has 2 heterocycles. The number of hydrogen-bond donors (Lipinski definition) is 2. The molecular weight excluding hydrogens is 272 g/mol. The normalized spacial score (nSPS) is 12.5. The topological polar surface area (TPSA) is 91.4 Å². The first-order chi connectivity index (χ1) is 10.0. The lowest BCUT2D eigenvalue weighted by atomic mass is 10.1. The molecule has 0 radical (unpaired) electrons. The maximum Gasteiger partial charge on any atom is 0.253 e. The highest BCUT2D eigenvalue weighted by Crippen LogP contribution is 2.35. The molecule has 2 aromatic rings. The zero-order chi connectivity index (χ0) is 15.0. The van der Waals surface area contributed by atoms with Gasteiger partial charge >= 0.3 is 0 Å². The monoisotopic (exact) mass is 288 g/mol. The van der Waals surface area contributed by atoms with Crippen LogP contribution in [0.4, 0.5) is 5.69 Å². The molecule has 0 spiro atoms. The van der Waals surface area contributed by atoms with E-state index in [1.54, 1.807) is 16.8 Å². The largest absolute Gasteiger partial charge is 0.454 e. The fourth-order valence-corrected chi connectivity index (χ4v) is 2.25. The molecule has 7 heteroatoms. The number of rotatable bonds is 3. The molecule has 0 atom stereocenters. The summed E-state index contributed by atoms with van der Waals surface area (Å²) in [6, 6.07) is 3.20. The Morgan fingerprint density at radius 1 is 1.43 bits per heavy atom. The number of ether oxygens (including phenoxy) is 2. The van der Waals surface area contributed by atoms with Gasteiger partial charge in [0.25, 0.3) is 5.91 Å². The molecule has 3 rings (SSSR count). The van der Waals surface area contributed by atoms with Crippen molar-refractivity contribution in [1.29, 1.82) is 0 Å². The third kappa shape index (κ3) is 2.49. The summed E-state index contributed by atoms with van der Waals surface area (Å²) >= 11 is 0. The first-order valence-electron chi connectivity index (χ1n) is 6.51. The molecule has 1 aliphatic rings. The zero-order valence-electron chi connectivity index (χ0n) is 11.8. The number of aryl methyl sites for hydroxylation is 2. The van der Waals surface area contributed by atoms with E-state index < -0.39 is 0 Å². The summed E-state index contributed by atoms with van der Waals surface area (Å²) in [5, 5.41) is 7.06. The van der Waals surface area contributed by atoms with Gasteiger partial charge in [-0.05, 0) is 13.0 Å². The van der Waals surface area contributed by atoms with E-state index in [1.165, 1.54) is 0 Å².